The van der Waals surface area contributed by atoms with Gasteiger partial charge in [0, 0.05) is 19.1 Å². The van der Waals surface area contributed by atoms with Crippen LogP contribution >= 0.6 is 11.6 Å². The number of nitrogens with zero attached hydrogens (tertiary/aromatic N) is 2. The number of rotatable bonds is 6. The first kappa shape index (κ1) is 19.0. The van der Waals surface area contributed by atoms with Crippen molar-refractivity contribution in [3.8, 4) is 0 Å². The molecule has 2 rings (SSSR count). The molecule has 8 nitrogen and oxygen atoms in total. The van der Waals surface area contributed by atoms with Crippen molar-refractivity contribution in [1.82, 2.24) is 5.01 Å². The summed E-state index contributed by atoms with van der Waals surface area (Å²) in [6, 6.07) is 6.53. The molecule has 0 aromatic heterocycles. The first-order valence-electron chi connectivity index (χ1n) is 7.65. The molecule has 1 fully saturated rings. The molecule has 136 valence electrons. The number of hydrazine groups is 1. The number of anilines is 1. The van der Waals surface area contributed by atoms with Crippen molar-refractivity contribution in [2.45, 2.75) is 19.4 Å². The zero-order chi connectivity index (χ0) is 18.8. The number of ether oxygens (including phenoxy) is 2. The van der Waals surface area contributed by atoms with Gasteiger partial charge < -0.3 is 20.2 Å². The van der Waals surface area contributed by atoms with E-state index < -0.39 is 29.5 Å². The summed E-state index contributed by atoms with van der Waals surface area (Å²) in [4.78, 5) is 35.5. The van der Waals surface area contributed by atoms with E-state index in [2.05, 4.69) is 4.74 Å². The first-order valence-corrected chi connectivity index (χ1v) is 8.02. The zero-order valence-electron chi connectivity index (χ0n) is 14.2. The summed E-state index contributed by atoms with van der Waals surface area (Å²) in [6.45, 7) is 1.74. The topological polar surface area (TPSA) is 102 Å². The summed E-state index contributed by atoms with van der Waals surface area (Å²) in [5.74, 6) is -1.73. The molecule has 2 N–H and O–H groups in total. The number of esters is 2. The van der Waals surface area contributed by atoms with Crippen LogP contribution in [0, 0.1) is 5.41 Å². The van der Waals surface area contributed by atoms with Gasteiger partial charge in [-0.15, -0.1) is 0 Å². The minimum atomic E-state index is -1.57. The monoisotopic (exact) mass is 369 g/mol. The lowest BCUT2D eigenvalue weighted by molar-refractivity contribution is -0.161. The summed E-state index contributed by atoms with van der Waals surface area (Å²) in [6.07, 6.45) is -1.10. The molecule has 2 atom stereocenters. The van der Waals surface area contributed by atoms with Crippen LogP contribution in [0.15, 0.2) is 24.3 Å². The predicted molar refractivity (Wildman–Crippen MR) is 90.8 cm³/mol. The molecule has 1 saturated carbocycles. The number of halogens is 1. The van der Waals surface area contributed by atoms with Crippen LogP contribution in [0.2, 0.25) is 5.02 Å². The van der Waals surface area contributed by atoms with Crippen molar-refractivity contribution >= 4 is 35.3 Å². The van der Waals surface area contributed by atoms with Crippen molar-refractivity contribution < 1.29 is 23.9 Å². The van der Waals surface area contributed by atoms with Crippen LogP contribution in [0.4, 0.5) is 10.5 Å². The van der Waals surface area contributed by atoms with Crippen molar-refractivity contribution in [2.24, 2.45) is 11.1 Å². The standard InChI is InChI=1S/C16H20ClN3O5/c1-4-24-13(21)16(14(22)25-15(18)23)9-12(16)20(3)19(2)11-7-5-10(17)6-8-11/h5-8,12H,4,9H2,1-3H3,(H2,18,23). The Morgan fingerprint density at radius 2 is 1.84 bits per heavy atom. The molecule has 0 spiro atoms. The molecule has 0 radical (unpaired) electrons. The van der Waals surface area contributed by atoms with E-state index in [4.69, 9.17) is 22.1 Å². The fourth-order valence-corrected chi connectivity index (χ4v) is 2.84. The van der Waals surface area contributed by atoms with Crippen LogP contribution in [0.1, 0.15) is 13.3 Å². The highest BCUT2D eigenvalue weighted by atomic mass is 35.5. The van der Waals surface area contributed by atoms with Crippen LogP contribution < -0.4 is 10.7 Å². The van der Waals surface area contributed by atoms with E-state index in [0.717, 1.165) is 5.69 Å². The number of primary amides is 1. The van der Waals surface area contributed by atoms with Crippen LogP contribution in [0.25, 0.3) is 0 Å². The highest BCUT2D eigenvalue weighted by molar-refractivity contribution is 6.30. The highest BCUT2D eigenvalue weighted by Crippen LogP contribution is 2.52. The third kappa shape index (κ3) is 3.69. The van der Waals surface area contributed by atoms with E-state index in [9.17, 15) is 14.4 Å². The Morgan fingerprint density at radius 1 is 1.24 bits per heavy atom. The smallest absolute Gasteiger partial charge is 0.412 e. The maximum Gasteiger partial charge on any atom is 0.412 e. The molecular formula is C16H20ClN3O5. The van der Waals surface area contributed by atoms with E-state index >= 15 is 0 Å². The van der Waals surface area contributed by atoms with Crippen LogP contribution in [-0.2, 0) is 19.1 Å². The fraction of sp³-hybridized carbons (Fsp3) is 0.438. The van der Waals surface area contributed by atoms with Crippen LogP contribution in [0.5, 0.6) is 0 Å². The number of hydrogen-bond acceptors (Lipinski definition) is 7. The lowest BCUT2D eigenvalue weighted by Crippen LogP contribution is -2.45. The fourth-order valence-electron chi connectivity index (χ4n) is 2.71. The maximum atomic E-state index is 12.3. The maximum absolute atomic E-state index is 12.3. The van der Waals surface area contributed by atoms with Gasteiger partial charge in [-0.25, -0.2) is 9.80 Å². The molecule has 9 heteroatoms. The Labute approximate surface area is 150 Å². The molecule has 1 aliphatic carbocycles. The normalized spacial score (nSPS) is 21.6. The third-order valence-electron chi connectivity index (χ3n) is 4.25. The van der Waals surface area contributed by atoms with Gasteiger partial charge in [0.1, 0.15) is 0 Å². The molecule has 0 heterocycles. The molecule has 0 saturated heterocycles. The van der Waals surface area contributed by atoms with Gasteiger partial charge in [0.05, 0.1) is 18.3 Å². The quantitative estimate of drug-likeness (QED) is 0.461. The average molecular weight is 370 g/mol. The van der Waals surface area contributed by atoms with E-state index in [1.165, 1.54) is 0 Å². The first-order chi connectivity index (χ1) is 11.7. The Balaban J connectivity index is 2.22. The second-order valence-electron chi connectivity index (χ2n) is 5.69. The van der Waals surface area contributed by atoms with Gasteiger partial charge in [0.2, 0.25) is 0 Å². The van der Waals surface area contributed by atoms with Crippen molar-refractivity contribution in [3.05, 3.63) is 29.3 Å². The number of nitrogens with two attached hydrogens (primary N) is 1. The summed E-state index contributed by atoms with van der Waals surface area (Å²) in [5.41, 5.74) is 4.14. The molecule has 0 aliphatic heterocycles. The summed E-state index contributed by atoms with van der Waals surface area (Å²) in [5, 5.41) is 4.07. The van der Waals surface area contributed by atoms with Crippen molar-refractivity contribution in [2.75, 3.05) is 25.7 Å². The van der Waals surface area contributed by atoms with E-state index in [1.54, 1.807) is 55.3 Å². The molecule has 0 bridgehead atoms. The van der Waals surface area contributed by atoms with Gasteiger partial charge in [-0.3, -0.25) is 9.59 Å². The molecule has 25 heavy (non-hydrogen) atoms. The van der Waals surface area contributed by atoms with Gasteiger partial charge >= 0.3 is 18.0 Å². The van der Waals surface area contributed by atoms with Crippen LogP contribution in [-0.4, -0.2) is 49.8 Å². The molecule has 1 amide bonds. The third-order valence-corrected chi connectivity index (χ3v) is 4.50. The second-order valence-corrected chi connectivity index (χ2v) is 6.13. The molecule has 1 aliphatic rings. The number of benzene rings is 1. The van der Waals surface area contributed by atoms with Crippen LogP contribution in [0.3, 0.4) is 0 Å². The summed E-state index contributed by atoms with van der Waals surface area (Å²) >= 11 is 5.88. The number of hydrogen-bond donors (Lipinski definition) is 1. The van der Waals surface area contributed by atoms with Crippen molar-refractivity contribution in [1.29, 1.82) is 0 Å². The van der Waals surface area contributed by atoms with Gasteiger partial charge in [-0.2, -0.15) is 0 Å². The zero-order valence-corrected chi connectivity index (χ0v) is 14.9. The van der Waals surface area contributed by atoms with E-state index in [0.29, 0.717) is 5.02 Å². The Bertz CT molecular complexity index is 681. The van der Waals surface area contributed by atoms with Gasteiger partial charge in [0.25, 0.3) is 0 Å². The van der Waals surface area contributed by atoms with Gasteiger partial charge in [0.15, 0.2) is 5.41 Å². The summed E-state index contributed by atoms with van der Waals surface area (Å²) < 4.78 is 9.46. The number of carbonyl (C=O) groups excluding carboxylic acids is 3. The SMILES string of the molecule is CCOC(=O)C1(C(=O)OC(N)=O)CC1N(C)N(C)c1ccc(Cl)cc1. The molecule has 1 aromatic carbocycles. The minimum Gasteiger partial charge on any atom is -0.465 e. The molecule has 2 unspecified atom stereocenters. The largest absolute Gasteiger partial charge is 0.465 e. The average Bonchev–Trinajstić information content (AvgIpc) is 3.31. The Morgan fingerprint density at radius 3 is 2.36 bits per heavy atom. The molecular weight excluding hydrogens is 350 g/mol. The second kappa shape index (κ2) is 7.28. The van der Waals surface area contributed by atoms with Gasteiger partial charge in [-0.05, 0) is 37.6 Å². The van der Waals surface area contributed by atoms with Gasteiger partial charge in [-0.1, -0.05) is 11.6 Å². The highest BCUT2D eigenvalue weighted by Gasteiger charge is 2.71. The lowest BCUT2D eigenvalue weighted by Gasteiger charge is -2.31. The number of carbonyl (C=O) groups is 3. The predicted octanol–water partition coefficient (Wildman–Crippen LogP) is 1.57. The van der Waals surface area contributed by atoms with E-state index in [-0.39, 0.29) is 13.0 Å². The van der Waals surface area contributed by atoms with Crippen molar-refractivity contribution in [3.63, 3.8) is 0 Å². The van der Waals surface area contributed by atoms with E-state index in [1.807, 2.05) is 0 Å². The molecule has 1 aromatic rings. The lowest BCUT2D eigenvalue weighted by atomic mass is 10.1. The number of amides is 1. The summed E-state index contributed by atoms with van der Waals surface area (Å²) in [7, 11) is 3.49. The minimum absolute atomic E-state index is 0.105. The Kier molecular flexibility index (Phi) is 5.54. The Hall–Kier alpha value is -2.32.